The van der Waals surface area contributed by atoms with Crippen molar-refractivity contribution in [3.8, 4) is 0 Å². The van der Waals surface area contributed by atoms with Crippen molar-refractivity contribution in [2.24, 2.45) is 0 Å². The number of aryl methyl sites for hydroxylation is 3. The maximum atomic E-state index is 13.1. The smallest absolute Gasteiger partial charge is 0.242 e. The van der Waals surface area contributed by atoms with Crippen LogP contribution in [-0.2, 0) is 22.6 Å². The van der Waals surface area contributed by atoms with E-state index in [0.29, 0.717) is 19.4 Å². The van der Waals surface area contributed by atoms with Gasteiger partial charge in [-0.1, -0.05) is 66.6 Å². The summed E-state index contributed by atoms with van der Waals surface area (Å²) in [5.74, 6) is -0.102. The van der Waals surface area contributed by atoms with Crippen LogP contribution < -0.4 is 5.32 Å². The Hall–Kier alpha value is -2.62. The first-order valence-electron chi connectivity index (χ1n) is 10.5. The Labute approximate surface area is 175 Å². The van der Waals surface area contributed by atoms with E-state index < -0.39 is 6.04 Å². The Kier molecular flexibility index (Phi) is 8.44. The lowest BCUT2D eigenvalue weighted by Gasteiger charge is -2.30. The van der Waals surface area contributed by atoms with Gasteiger partial charge < -0.3 is 10.2 Å². The SMILES string of the molecule is CC[C@H](C)NC(=O)[C@@H](C)N(Cc1cccc(C)c1)C(=O)CCc1ccc(C)cc1. The molecular weight excluding hydrogens is 360 g/mol. The molecule has 1 N–H and O–H groups in total. The molecule has 2 aromatic rings. The van der Waals surface area contributed by atoms with Gasteiger partial charge in [-0.15, -0.1) is 0 Å². The summed E-state index contributed by atoms with van der Waals surface area (Å²) in [7, 11) is 0. The predicted octanol–water partition coefficient (Wildman–Crippen LogP) is 4.57. The van der Waals surface area contributed by atoms with Crippen LogP contribution in [-0.4, -0.2) is 28.8 Å². The standard InChI is InChI=1S/C25H34N2O2/c1-6-20(4)26-25(29)21(5)27(17-23-9-7-8-19(3)16-23)24(28)15-14-22-12-10-18(2)11-13-22/h7-13,16,20-21H,6,14-15,17H2,1-5H3,(H,26,29)/t20-,21+/m0/s1. The molecule has 2 amide bonds. The molecule has 0 saturated carbocycles. The first kappa shape index (κ1) is 22.7. The van der Waals surface area contributed by atoms with Crippen molar-refractivity contribution in [2.75, 3.05) is 0 Å². The molecule has 4 heteroatoms. The fourth-order valence-electron chi connectivity index (χ4n) is 3.20. The summed E-state index contributed by atoms with van der Waals surface area (Å²) in [5.41, 5.74) is 4.52. The average molecular weight is 395 g/mol. The van der Waals surface area contributed by atoms with Crippen molar-refractivity contribution in [3.05, 3.63) is 70.8 Å². The van der Waals surface area contributed by atoms with Crippen LogP contribution in [0.1, 0.15) is 55.9 Å². The second kappa shape index (κ2) is 10.8. The van der Waals surface area contributed by atoms with Gasteiger partial charge in [0.1, 0.15) is 6.04 Å². The summed E-state index contributed by atoms with van der Waals surface area (Å²) in [5, 5.41) is 3.01. The van der Waals surface area contributed by atoms with Crippen LogP contribution in [0.25, 0.3) is 0 Å². The predicted molar refractivity (Wildman–Crippen MR) is 119 cm³/mol. The third-order valence-corrected chi connectivity index (χ3v) is 5.35. The molecule has 2 rings (SSSR count). The third-order valence-electron chi connectivity index (χ3n) is 5.35. The molecule has 156 valence electrons. The number of rotatable bonds is 9. The largest absolute Gasteiger partial charge is 0.352 e. The number of hydrogen-bond donors (Lipinski definition) is 1. The molecule has 0 fully saturated rings. The van der Waals surface area contributed by atoms with Gasteiger partial charge in [-0.2, -0.15) is 0 Å². The van der Waals surface area contributed by atoms with E-state index in [9.17, 15) is 9.59 Å². The maximum Gasteiger partial charge on any atom is 0.242 e. The number of benzene rings is 2. The zero-order valence-corrected chi connectivity index (χ0v) is 18.4. The number of carbonyl (C=O) groups is 2. The molecule has 0 unspecified atom stereocenters. The normalized spacial score (nSPS) is 12.9. The zero-order valence-electron chi connectivity index (χ0n) is 18.4. The number of carbonyl (C=O) groups excluding carboxylic acids is 2. The Morgan fingerprint density at radius 2 is 1.66 bits per heavy atom. The van der Waals surface area contributed by atoms with Crippen molar-refractivity contribution >= 4 is 11.8 Å². The fourth-order valence-corrected chi connectivity index (χ4v) is 3.20. The lowest BCUT2D eigenvalue weighted by atomic mass is 10.1. The summed E-state index contributed by atoms with van der Waals surface area (Å²) in [6.45, 7) is 10.4. The van der Waals surface area contributed by atoms with Gasteiger partial charge in [-0.05, 0) is 51.7 Å². The van der Waals surface area contributed by atoms with Gasteiger partial charge in [0.25, 0.3) is 0 Å². The van der Waals surface area contributed by atoms with Crippen LogP contribution in [0.15, 0.2) is 48.5 Å². The second-order valence-corrected chi connectivity index (χ2v) is 7.99. The van der Waals surface area contributed by atoms with Gasteiger partial charge in [0, 0.05) is 19.0 Å². The van der Waals surface area contributed by atoms with Gasteiger partial charge in [-0.3, -0.25) is 9.59 Å². The number of amides is 2. The fraction of sp³-hybridized carbons (Fsp3) is 0.440. The Morgan fingerprint density at radius 3 is 2.28 bits per heavy atom. The first-order chi connectivity index (χ1) is 13.8. The molecule has 0 heterocycles. The van der Waals surface area contributed by atoms with Crippen molar-refractivity contribution < 1.29 is 9.59 Å². The molecule has 2 atom stereocenters. The molecular formula is C25H34N2O2. The number of nitrogens with zero attached hydrogens (tertiary/aromatic N) is 1. The van der Waals surface area contributed by atoms with Gasteiger partial charge >= 0.3 is 0 Å². The maximum absolute atomic E-state index is 13.1. The minimum absolute atomic E-state index is 0.00103. The minimum atomic E-state index is -0.518. The highest BCUT2D eigenvalue weighted by Gasteiger charge is 2.26. The minimum Gasteiger partial charge on any atom is -0.352 e. The van der Waals surface area contributed by atoms with Gasteiger partial charge in [0.05, 0.1) is 0 Å². The Balaban J connectivity index is 2.14. The van der Waals surface area contributed by atoms with Crippen LogP contribution in [0.5, 0.6) is 0 Å². The Morgan fingerprint density at radius 1 is 0.966 bits per heavy atom. The van der Waals surface area contributed by atoms with Crippen molar-refractivity contribution in [2.45, 2.75) is 72.5 Å². The van der Waals surface area contributed by atoms with Gasteiger partial charge in [-0.25, -0.2) is 0 Å². The third kappa shape index (κ3) is 7.04. The topological polar surface area (TPSA) is 49.4 Å². The van der Waals surface area contributed by atoms with Crippen molar-refractivity contribution in [1.82, 2.24) is 10.2 Å². The molecule has 0 aliphatic heterocycles. The van der Waals surface area contributed by atoms with Crippen LogP contribution in [0.4, 0.5) is 0 Å². The number of nitrogens with one attached hydrogen (secondary N) is 1. The molecule has 0 aliphatic rings. The molecule has 2 aromatic carbocycles. The molecule has 29 heavy (non-hydrogen) atoms. The highest BCUT2D eigenvalue weighted by Crippen LogP contribution is 2.15. The summed E-state index contributed by atoms with van der Waals surface area (Å²) in [4.78, 5) is 27.6. The van der Waals surface area contributed by atoms with Crippen molar-refractivity contribution in [3.63, 3.8) is 0 Å². The lowest BCUT2D eigenvalue weighted by molar-refractivity contribution is -0.140. The molecule has 0 aliphatic carbocycles. The van der Waals surface area contributed by atoms with Crippen LogP contribution in [0, 0.1) is 13.8 Å². The highest BCUT2D eigenvalue weighted by molar-refractivity contribution is 5.87. The quantitative estimate of drug-likeness (QED) is 0.677. The van der Waals surface area contributed by atoms with E-state index in [-0.39, 0.29) is 17.9 Å². The van der Waals surface area contributed by atoms with Crippen molar-refractivity contribution in [1.29, 1.82) is 0 Å². The molecule has 0 saturated heterocycles. The second-order valence-electron chi connectivity index (χ2n) is 7.99. The van der Waals surface area contributed by atoms with Gasteiger partial charge in [0.15, 0.2) is 0 Å². The van der Waals surface area contributed by atoms with E-state index in [1.807, 2.05) is 45.9 Å². The molecule has 0 bridgehead atoms. The monoisotopic (exact) mass is 394 g/mol. The Bertz CT molecular complexity index is 814. The number of hydrogen-bond acceptors (Lipinski definition) is 2. The zero-order chi connectivity index (χ0) is 21.4. The van der Waals surface area contributed by atoms with Crippen LogP contribution in [0.3, 0.4) is 0 Å². The average Bonchev–Trinajstić information content (AvgIpc) is 2.70. The summed E-state index contributed by atoms with van der Waals surface area (Å²) in [6, 6.07) is 15.9. The van der Waals surface area contributed by atoms with Crippen LogP contribution >= 0.6 is 0 Å². The molecule has 0 aromatic heterocycles. The van der Waals surface area contributed by atoms with E-state index in [0.717, 1.165) is 23.1 Å². The summed E-state index contributed by atoms with van der Waals surface area (Å²) in [6.07, 6.45) is 1.91. The van der Waals surface area contributed by atoms with Crippen LogP contribution in [0.2, 0.25) is 0 Å². The van der Waals surface area contributed by atoms with E-state index in [1.165, 1.54) is 5.56 Å². The van der Waals surface area contributed by atoms with E-state index >= 15 is 0 Å². The molecule has 0 radical (unpaired) electrons. The van der Waals surface area contributed by atoms with E-state index in [1.54, 1.807) is 4.90 Å². The first-order valence-corrected chi connectivity index (χ1v) is 10.5. The summed E-state index contributed by atoms with van der Waals surface area (Å²) < 4.78 is 0. The molecule has 4 nitrogen and oxygen atoms in total. The lowest BCUT2D eigenvalue weighted by Crippen LogP contribution is -2.49. The van der Waals surface area contributed by atoms with E-state index in [2.05, 4.69) is 42.6 Å². The van der Waals surface area contributed by atoms with Gasteiger partial charge in [0.2, 0.25) is 11.8 Å². The highest BCUT2D eigenvalue weighted by atomic mass is 16.2. The molecule has 0 spiro atoms. The summed E-state index contributed by atoms with van der Waals surface area (Å²) >= 11 is 0. The van der Waals surface area contributed by atoms with E-state index in [4.69, 9.17) is 0 Å².